The Balaban J connectivity index is 1.94. The molecule has 1 aliphatic carbocycles. The Morgan fingerprint density at radius 2 is 2.05 bits per heavy atom. The Kier molecular flexibility index (Phi) is 3.40. The highest BCUT2D eigenvalue weighted by atomic mass is 79.9. The van der Waals surface area contributed by atoms with E-state index in [2.05, 4.69) is 46.7 Å². The van der Waals surface area contributed by atoms with Crippen molar-refractivity contribution in [2.45, 2.75) is 58.9 Å². The van der Waals surface area contributed by atoms with Crippen molar-refractivity contribution in [2.24, 2.45) is 11.3 Å². The highest BCUT2D eigenvalue weighted by molar-refractivity contribution is 9.10. The maximum Gasteiger partial charge on any atom is 0.139 e. The van der Waals surface area contributed by atoms with E-state index in [4.69, 9.17) is 5.10 Å². The standard InChI is InChI=1S/C15H24BrN3/c1-15(2,3)8-11-13(16)14-17-9-10-6-4-5-7-12(10)19(14)18-11/h10,12,17H,4-9H2,1-3H3. The Hall–Kier alpha value is -0.510. The van der Waals surface area contributed by atoms with Gasteiger partial charge in [0.2, 0.25) is 0 Å². The van der Waals surface area contributed by atoms with Crippen molar-refractivity contribution in [3.63, 3.8) is 0 Å². The number of nitrogens with one attached hydrogen (secondary N) is 1. The molecular formula is C15H24BrN3. The molecule has 0 amide bonds. The average molecular weight is 326 g/mol. The zero-order chi connectivity index (χ0) is 13.6. The van der Waals surface area contributed by atoms with Crippen molar-refractivity contribution < 1.29 is 0 Å². The van der Waals surface area contributed by atoms with Gasteiger partial charge in [-0.2, -0.15) is 5.10 Å². The molecule has 1 N–H and O–H groups in total. The van der Waals surface area contributed by atoms with Crippen LogP contribution in [-0.2, 0) is 6.42 Å². The van der Waals surface area contributed by atoms with Crippen LogP contribution in [0, 0.1) is 11.3 Å². The molecule has 2 atom stereocenters. The number of halogens is 1. The van der Waals surface area contributed by atoms with Crippen LogP contribution in [0.3, 0.4) is 0 Å². The van der Waals surface area contributed by atoms with Crippen LogP contribution >= 0.6 is 15.9 Å². The summed E-state index contributed by atoms with van der Waals surface area (Å²) < 4.78 is 3.46. The van der Waals surface area contributed by atoms with Crippen molar-refractivity contribution in [3.8, 4) is 0 Å². The maximum atomic E-state index is 4.93. The van der Waals surface area contributed by atoms with Crippen LogP contribution in [0.2, 0.25) is 0 Å². The second kappa shape index (κ2) is 4.80. The summed E-state index contributed by atoms with van der Waals surface area (Å²) in [7, 11) is 0. The highest BCUT2D eigenvalue weighted by Gasteiger charge is 2.34. The summed E-state index contributed by atoms with van der Waals surface area (Å²) >= 11 is 3.76. The second-order valence-electron chi connectivity index (χ2n) is 7.28. The minimum atomic E-state index is 0.277. The van der Waals surface area contributed by atoms with Crippen LogP contribution < -0.4 is 5.32 Å². The maximum absolute atomic E-state index is 4.93. The number of anilines is 1. The molecule has 0 radical (unpaired) electrons. The molecule has 2 aliphatic rings. The zero-order valence-electron chi connectivity index (χ0n) is 12.2. The molecule has 19 heavy (non-hydrogen) atoms. The highest BCUT2D eigenvalue weighted by Crippen LogP contribution is 2.42. The first kappa shape index (κ1) is 13.5. The summed E-state index contributed by atoms with van der Waals surface area (Å²) in [4.78, 5) is 0. The molecule has 1 aromatic heterocycles. The van der Waals surface area contributed by atoms with E-state index in [1.54, 1.807) is 0 Å². The van der Waals surface area contributed by atoms with Gasteiger partial charge in [-0.15, -0.1) is 0 Å². The molecule has 3 nitrogen and oxygen atoms in total. The van der Waals surface area contributed by atoms with Gasteiger partial charge in [0.25, 0.3) is 0 Å². The van der Waals surface area contributed by atoms with Gasteiger partial charge in [0, 0.05) is 6.54 Å². The van der Waals surface area contributed by atoms with Crippen molar-refractivity contribution in [1.82, 2.24) is 9.78 Å². The van der Waals surface area contributed by atoms with Crippen molar-refractivity contribution in [2.75, 3.05) is 11.9 Å². The van der Waals surface area contributed by atoms with E-state index in [0.717, 1.165) is 18.9 Å². The fraction of sp³-hybridized carbons (Fsp3) is 0.800. The van der Waals surface area contributed by atoms with E-state index in [1.807, 2.05) is 0 Å². The van der Waals surface area contributed by atoms with Crippen molar-refractivity contribution in [3.05, 3.63) is 10.2 Å². The third kappa shape index (κ3) is 2.56. The SMILES string of the molecule is CC(C)(C)Cc1nn2c(c1Br)NCC1CCCCC12. The lowest BCUT2D eigenvalue weighted by Crippen LogP contribution is -2.35. The first-order valence-corrected chi connectivity index (χ1v) is 8.26. The summed E-state index contributed by atoms with van der Waals surface area (Å²) in [5.74, 6) is 1.98. The summed E-state index contributed by atoms with van der Waals surface area (Å²) in [6.07, 6.45) is 6.40. The minimum absolute atomic E-state index is 0.277. The topological polar surface area (TPSA) is 29.9 Å². The first-order chi connectivity index (χ1) is 8.96. The largest absolute Gasteiger partial charge is 0.369 e. The molecule has 2 heterocycles. The Morgan fingerprint density at radius 3 is 2.79 bits per heavy atom. The molecule has 3 rings (SSSR count). The lowest BCUT2D eigenvalue weighted by atomic mass is 9.83. The van der Waals surface area contributed by atoms with Gasteiger partial charge in [-0.1, -0.05) is 33.6 Å². The fourth-order valence-corrected chi connectivity index (χ4v) is 3.99. The lowest BCUT2D eigenvalue weighted by Gasteiger charge is -2.37. The number of aromatic nitrogens is 2. The molecule has 1 aliphatic heterocycles. The van der Waals surface area contributed by atoms with Gasteiger partial charge in [-0.3, -0.25) is 0 Å². The quantitative estimate of drug-likeness (QED) is 0.829. The van der Waals surface area contributed by atoms with E-state index in [-0.39, 0.29) is 5.41 Å². The monoisotopic (exact) mass is 325 g/mol. The molecule has 2 unspecified atom stereocenters. The summed E-state index contributed by atoms with van der Waals surface area (Å²) in [6.45, 7) is 7.93. The number of hydrogen-bond donors (Lipinski definition) is 1. The molecule has 0 saturated heterocycles. The number of rotatable bonds is 1. The van der Waals surface area contributed by atoms with Gasteiger partial charge < -0.3 is 5.32 Å². The molecule has 1 saturated carbocycles. The number of hydrogen-bond acceptors (Lipinski definition) is 2. The Morgan fingerprint density at radius 1 is 1.32 bits per heavy atom. The van der Waals surface area contributed by atoms with Gasteiger partial charge >= 0.3 is 0 Å². The van der Waals surface area contributed by atoms with Crippen molar-refractivity contribution >= 4 is 21.7 Å². The molecule has 0 spiro atoms. The molecular weight excluding hydrogens is 302 g/mol. The molecule has 106 valence electrons. The Bertz CT molecular complexity index is 472. The molecule has 0 aromatic carbocycles. The Labute approximate surface area is 124 Å². The van der Waals surface area contributed by atoms with E-state index in [9.17, 15) is 0 Å². The van der Waals surface area contributed by atoms with Crippen LogP contribution in [0.1, 0.15) is 58.2 Å². The van der Waals surface area contributed by atoms with Crippen LogP contribution in [0.4, 0.5) is 5.82 Å². The van der Waals surface area contributed by atoms with E-state index >= 15 is 0 Å². The molecule has 1 fully saturated rings. The predicted molar refractivity (Wildman–Crippen MR) is 82.6 cm³/mol. The number of nitrogens with zero attached hydrogens (tertiary/aromatic N) is 2. The fourth-order valence-electron chi connectivity index (χ4n) is 3.45. The molecule has 4 heteroatoms. The molecule has 0 bridgehead atoms. The van der Waals surface area contributed by atoms with Gasteiger partial charge in [0.05, 0.1) is 16.2 Å². The smallest absolute Gasteiger partial charge is 0.139 e. The third-order valence-corrected chi connectivity index (χ3v) is 5.16. The lowest BCUT2D eigenvalue weighted by molar-refractivity contribution is 0.221. The number of fused-ring (bicyclic) bond motifs is 3. The van der Waals surface area contributed by atoms with Crippen LogP contribution in [-0.4, -0.2) is 16.3 Å². The van der Waals surface area contributed by atoms with Crippen LogP contribution in [0.5, 0.6) is 0 Å². The second-order valence-corrected chi connectivity index (χ2v) is 8.08. The first-order valence-electron chi connectivity index (χ1n) is 7.46. The minimum Gasteiger partial charge on any atom is -0.369 e. The zero-order valence-corrected chi connectivity index (χ0v) is 13.8. The molecule has 1 aromatic rings. The van der Waals surface area contributed by atoms with Crippen LogP contribution in [0.15, 0.2) is 4.47 Å². The normalized spacial score (nSPS) is 26.5. The van der Waals surface area contributed by atoms with E-state index in [0.29, 0.717) is 6.04 Å². The van der Waals surface area contributed by atoms with Gasteiger partial charge in [-0.05, 0) is 46.5 Å². The summed E-state index contributed by atoms with van der Waals surface area (Å²) in [5.41, 5.74) is 1.49. The predicted octanol–water partition coefficient (Wildman–Crippen LogP) is 4.39. The van der Waals surface area contributed by atoms with Crippen LogP contribution in [0.25, 0.3) is 0 Å². The van der Waals surface area contributed by atoms with E-state index in [1.165, 1.54) is 41.7 Å². The third-order valence-electron chi connectivity index (χ3n) is 4.33. The summed E-state index contributed by atoms with van der Waals surface area (Å²) in [6, 6.07) is 0.620. The van der Waals surface area contributed by atoms with Crippen molar-refractivity contribution in [1.29, 1.82) is 0 Å². The van der Waals surface area contributed by atoms with Gasteiger partial charge in [0.1, 0.15) is 5.82 Å². The van der Waals surface area contributed by atoms with Gasteiger partial charge in [-0.25, -0.2) is 4.68 Å². The van der Waals surface area contributed by atoms with Gasteiger partial charge in [0.15, 0.2) is 0 Å². The average Bonchev–Trinajstić information content (AvgIpc) is 2.65. The van der Waals surface area contributed by atoms with E-state index < -0.39 is 0 Å². The summed E-state index contributed by atoms with van der Waals surface area (Å²) in [5, 5.41) is 8.52.